The van der Waals surface area contributed by atoms with E-state index in [-0.39, 0.29) is 12.1 Å². The van der Waals surface area contributed by atoms with E-state index >= 15 is 0 Å². The average Bonchev–Trinajstić information content (AvgIpc) is 3.18. The van der Waals surface area contributed by atoms with Crippen molar-refractivity contribution in [3.8, 4) is 0 Å². The minimum Gasteiger partial charge on any atom is -0.355 e. The molecule has 0 spiro atoms. The topological polar surface area (TPSA) is 91.1 Å². The van der Waals surface area contributed by atoms with Crippen LogP contribution in [0.2, 0.25) is 0 Å². The van der Waals surface area contributed by atoms with E-state index < -0.39 is 0 Å². The minimum absolute atomic E-state index is 0.207. The third-order valence-electron chi connectivity index (χ3n) is 6.72. The maximum atomic E-state index is 6.23. The summed E-state index contributed by atoms with van der Waals surface area (Å²) in [6, 6.07) is 9.77. The highest BCUT2D eigenvalue weighted by atomic mass is 15.4. The zero-order valence-corrected chi connectivity index (χ0v) is 17.0. The van der Waals surface area contributed by atoms with Gasteiger partial charge in [-0.3, -0.25) is 10.4 Å². The third kappa shape index (κ3) is 3.75. The van der Waals surface area contributed by atoms with Crippen LogP contribution in [-0.2, 0) is 0 Å². The summed E-state index contributed by atoms with van der Waals surface area (Å²) < 4.78 is 0. The Morgan fingerprint density at radius 2 is 2.14 bits per heavy atom. The van der Waals surface area contributed by atoms with Gasteiger partial charge < -0.3 is 16.0 Å². The molecule has 7 nitrogen and oxygen atoms in total. The second-order valence-electron chi connectivity index (χ2n) is 8.74. The summed E-state index contributed by atoms with van der Waals surface area (Å²) in [5, 5.41) is 3.67. The summed E-state index contributed by atoms with van der Waals surface area (Å²) in [6.07, 6.45) is 7.11. The highest BCUT2D eigenvalue weighted by Gasteiger charge is 2.42. The molecular formula is C22H31N7. The first-order valence-corrected chi connectivity index (χ1v) is 10.8. The number of hydrazine groups is 1. The van der Waals surface area contributed by atoms with Gasteiger partial charge in [0.25, 0.3) is 0 Å². The number of hydrogen-bond donors (Lipinski definition) is 4. The molecule has 5 N–H and O–H groups in total. The number of aryl methyl sites for hydroxylation is 1. The van der Waals surface area contributed by atoms with E-state index in [1.807, 2.05) is 18.5 Å². The van der Waals surface area contributed by atoms with Gasteiger partial charge in [-0.05, 0) is 49.4 Å². The summed E-state index contributed by atoms with van der Waals surface area (Å²) in [6.45, 7) is 5.03. The molecule has 0 amide bonds. The van der Waals surface area contributed by atoms with Crippen LogP contribution in [0.3, 0.4) is 0 Å². The molecular weight excluding hydrogens is 362 g/mol. The van der Waals surface area contributed by atoms with Crippen LogP contribution < -0.4 is 26.8 Å². The van der Waals surface area contributed by atoms with Crippen LogP contribution in [0, 0.1) is 12.8 Å². The molecule has 5 rings (SSSR count). The summed E-state index contributed by atoms with van der Waals surface area (Å²) in [5.74, 6) is 1.58. The average molecular weight is 394 g/mol. The van der Waals surface area contributed by atoms with Crippen molar-refractivity contribution in [3.63, 3.8) is 0 Å². The predicted molar refractivity (Wildman–Crippen MR) is 114 cm³/mol. The molecule has 0 bridgehead atoms. The lowest BCUT2D eigenvalue weighted by atomic mass is 9.81. The maximum Gasteiger partial charge on any atom is 0.131 e. The van der Waals surface area contributed by atoms with Crippen molar-refractivity contribution in [2.24, 2.45) is 11.7 Å². The van der Waals surface area contributed by atoms with Gasteiger partial charge in [0.15, 0.2) is 0 Å². The smallest absolute Gasteiger partial charge is 0.131 e. The van der Waals surface area contributed by atoms with E-state index in [2.05, 4.69) is 51.2 Å². The summed E-state index contributed by atoms with van der Waals surface area (Å²) in [4.78, 5) is 11.8. The van der Waals surface area contributed by atoms with Crippen LogP contribution in [0.5, 0.6) is 0 Å². The molecule has 3 aliphatic rings. The Balaban J connectivity index is 1.38. The van der Waals surface area contributed by atoms with Crippen LogP contribution in [-0.4, -0.2) is 41.7 Å². The van der Waals surface area contributed by atoms with Gasteiger partial charge in [0.05, 0.1) is 11.7 Å². The van der Waals surface area contributed by atoms with Crippen LogP contribution in [0.4, 0.5) is 5.82 Å². The summed E-state index contributed by atoms with van der Waals surface area (Å²) in [7, 11) is 0. The SMILES string of the molecule is Cc1ccc(C2NNC3CNC(c4cccnc4)CC32)nc1N1CCC[C@H](N)C1. The Kier molecular flexibility index (Phi) is 5.22. The van der Waals surface area contributed by atoms with Crippen LogP contribution in [0.1, 0.15) is 48.2 Å². The van der Waals surface area contributed by atoms with Crippen LogP contribution in [0.15, 0.2) is 36.7 Å². The second-order valence-corrected chi connectivity index (χ2v) is 8.74. The molecule has 29 heavy (non-hydrogen) atoms. The predicted octanol–water partition coefficient (Wildman–Crippen LogP) is 1.58. The normalized spacial score (nSPS) is 32.2. The Hall–Kier alpha value is -2.06. The van der Waals surface area contributed by atoms with Gasteiger partial charge in [-0.25, -0.2) is 10.4 Å². The highest BCUT2D eigenvalue weighted by Crippen LogP contribution is 2.38. The van der Waals surface area contributed by atoms with E-state index in [0.29, 0.717) is 18.0 Å². The van der Waals surface area contributed by atoms with Gasteiger partial charge in [-0.15, -0.1) is 0 Å². The van der Waals surface area contributed by atoms with Gasteiger partial charge in [0, 0.05) is 56.1 Å². The van der Waals surface area contributed by atoms with Crippen molar-refractivity contribution in [1.29, 1.82) is 0 Å². The second kappa shape index (κ2) is 7.99. The van der Waals surface area contributed by atoms with Crippen LogP contribution in [0.25, 0.3) is 0 Å². The number of nitrogens with zero attached hydrogens (tertiary/aromatic N) is 3. The van der Waals surface area contributed by atoms with E-state index in [0.717, 1.165) is 50.4 Å². The molecule has 7 heteroatoms. The van der Waals surface area contributed by atoms with Crippen molar-refractivity contribution < 1.29 is 0 Å². The molecule has 3 aliphatic heterocycles. The van der Waals surface area contributed by atoms with Crippen molar-refractivity contribution in [2.45, 2.75) is 50.4 Å². The monoisotopic (exact) mass is 393 g/mol. The molecule has 0 saturated carbocycles. The molecule has 5 atom stereocenters. The Labute approximate surface area is 172 Å². The number of pyridine rings is 2. The maximum absolute atomic E-state index is 6.23. The fraction of sp³-hybridized carbons (Fsp3) is 0.545. The fourth-order valence-electron chi connectivity index (χ4n) is 5.13. The first kappa shape index (κ1) is 18.9. The lowest BCUT2D eigenvalue weighted by Crippen LogP contribution is -2.46. The minimum atomic E-state index is 0.207. The zero-order chi connectivity index (χ0) is 19.8. The molecule has 0 radical (unpaired) electrons. The van der Waals surface area contributed by atoms with Crippen molar-refractivity contribution in [3.05, 3.63) is 53.5 Å². The summed E-state index contributed by atoms with van der Waals surface area (Å²) in [5.41, 5.74) is 16.9. The summed E-state index contributed by atoms with van der Waals surface area (Å²) >= 11 is 0. The number of anilines is 1. The highest BCUT2D eigenvalue weighted by molar-refractivity contribution is 5.48. The van der Waals surface area contributed by atoms with E-state index in [9.17, 15) is 0 Å². The number of nitrogens with one attached hydrogen (secondary N) is 3. The molecule has 0 aromatic carbocycles. The lowest BCUT2D eigenvalue weighted by Gasteiger charge is -2.35. The molecule has 5 heterocycles. The number of aromatic nitrogens is 2. The number of rotatable bonds is 3. The van der Waals surface area contributed by atoms with Gasteiger partial charge in [0.2, 0.25) is 0 Å². The van der Waals surface area contributed by atoms with Crippen molar-refractivity contribution in [1.82, 2.24) is 26.1 Å². The van der Waals surface area contributed by atoms with Crippen LogP contribution >= 0.6 is 0 Å². The lowest BCUT2D eigenvalue weighted by molar-refractivity contribution is 0.265. The number of fused-ring (bicyclic) bond motifs is 1. The fourth-order valence-corrected chi connectivity index (χ4v) is 5.13. The number of nitrogens with two attached hydrogens (primary N) is 1. The van der Waals surface area contributed by atoms with E-state index in [1.54, 1.807) is 0 Å². The Bertz CT molecular complexity index is 842. The van der Waals surface area contributed by atoms with Crippen molar-refractivity contribution >= 4 is 5.82 Å². The quantitative estimate of drug-likeness (QED) is 0.629. The molecule has 3 saturated heterocycles. The zero-order valence-electron chi connectivity index (χ0n) is 17.0. The third-order valence-corrected chi connectivity index (χ3v) is 6.72. The molecule has 2 aromatic rings. The molecule has 0 aliphatic carbocycles. The molecule has 3 fully saturated rings. The standard InChI is InChI=1S/C22H31N7/c1-14-6-7-18(26-22(14)29-9-3-5-16(23)13-29)21-17-10-19(15-4-2-8-24-11-15)25-12-20(17)27-28-21/h2,4,6-8,11,16-17,19-21,25,27-28H,3,5,9-10,12-13,23H2,1H3/t16-,17?,19?,20?,21?/m0/s1. The van der Waals surface area contributed by atoms with Gasteiger partial charge in [-0.1, -0.05) is 12.1 Å². The van der Waals surface area contributed by atoms with Crippen molar-refractivity contribution in [2.75, 3.05) is 24.5 Å². The molecule has 154 valence electrons. The Morgan fingerprint density at radius 3 is 2.97 bits per heavy atom. The largest absolute Gasteiger partial charge is 0.355 e. The van der Waals surface area contributed by atoms with Gasteiger partial charge >= 0.3 is 0 Å². The first-order chi connectivity index (χ1) is 14.2. The number of piperidine rings is 2. The van der Waals surface area contributed by atoms with E-state index in [1.165, 1.54) is 11.1 Å². The number of hydrogen-bond acceptors (Lipinski definition) is 7. The van der Waals surface area contributed by atoms with E-state index in [4.69, 9.17) is 10.7 Å². The molecule has 2 aromatic heterocycles. The Morgan fingerprint density at radius 1 is 1.21 bits per heavy atom. The van der Waals surface area contributed by atoms with Gasteiger partial charge in [0.1, 0.15) is 5.82 Å². The molecule has 4 unspecified atom stereocenters. The first-order valence-electron chi connectivity index (χ1n) is 10.8. The van der Waals surface area contributed by atoms with Gasteiger partial charge in [-0.2, -0.15) is 0 Å².